The van der Waals surface area contributed by atoms with Crippen LogP contribution in [0.5, 0.6) is 0 Å². The molecule has 1 aromatic carbocycles. The number of fused-ring (bicyclic) bond motifs is 1. The van der Waals surface area contributed by atoms with Gasteiger partial charge in [0.1, 0.15) is 0 Å². The molecule has 0 aliphatic rings. The molecule has 0 bridgehead atoms. The Hall–Kier alpha value is -2.17. The summed E-state index contributed by atoms with van der Waals surface area (Å²) in [5, 5.41) is 4.64. The summed E-state index contributed by atoms with van der Waals surface area (Å²) in [6, 6.07) is 7.21. The predicted molar refractivity (Wildman–Crippen MR) is 67.3 cm³/mol. The van der Waals surface area contributed by atoms with Gasteiger partial charge in [-0.05, 0) is 19.1 Å². The first-order valence-corrected chi connectivity index (χ1v) is 5.83. The number of rotatable bonds is 4. The fraction of sp³-hybridized carbons (Fsp3) is 0.308. The zero-order valence-corrected chi connectivity index (χ0v) is 10.1. The van der Waals surface area contributed by atoms with Gasteiger partial charge in [-0.1, -0.05) is 12.1 Å². The molecule has 5 nitrogen and oxygen atoms in total. The Morgan fingerprint density at radius 1 is 1.39 bits per heavy atom. The van der Waals surface area contributed by atoms with Crippen LogP contribution >= 0.6 is 0 Å². The van der Waals surface area contributed by atoms with E-state index in [1.807, 2.05) is 12.1 Å². The van der Waals surface area contributed by atoms with E-state index in [2.05, 4.69) is 5.10 Å². The van der Waals surface area contributed by atoms with E-state index in [4.69, 9.17) is 4.74 Å². The van der Waals surface area contributed by atoms with Gasteiger partial charge in [0.2, 0.25) is 5.43 Å². The summed E-state index contributed by atoms with van der Waals surface area (Å²) in [6.07, 6.45) is 1.52. The van der Waals surface area contributed by atoms with Crippen molar-refractivity contribution in [1.82, 2.24) is 9.78 Å². The highest BCUT2D eigenvalue weighted by atomic mass is 16.5. The van der Waals surface area contributed by atoms with Gasteiger partial charge in [0.25, 0.3) is 0 Å². The summed E-state index contributed by atoms with van der Waals surface area (Å²) in [5.74, 6) is -0.262. The number of para-hydroxylation sites is 1. The van der Waals surface area contributed by atoms with E-state index in [9.17, 15) is 9.59 Å². The Kier molecular flexibility index (Phi) is 3.72. The molecule has 1 heterocycles. The largest absolute Gasteiger partial charge is 0.466 e. The second kappa shape index (κ2) is 5.44. The van der Waals surface area contributed by atoms with Gasteiger partial charge in [0, 0.05) is 5.39 Å². The summed E-state index contributed by atoms with van der Waals surface area (Å²) >= 11 is 0. The minimum Gasteiger partial charge on any atom is -0.466 e. The van der Waals surface area contributed by atoms with Crippen molar-refractivity contribution >= 4 is 16.9 Å². The lowest BCUT2D eigenvalue weighted by Crippen LogP contribution is -2.15. The van der Waals surface area contributed by atoms with E-state index in [-0.39, 0.29) is 17.8 Å². The molecule has 0 atom stereocenters. The SMILES string of the molecule is CCOC(=O)CCn1ncc(=O)c2ccccc21. The third-order valence-electron chi connectivity index (χ3n) is 2.60. The van der Waals surface area contributed by atoms with Gasteiger partial charge >= 0.3 is 5.97 Å². The number of aryl methyl sites for hydroxylation is 1. The molecule has 0 fully saturated rings. The Balaban J connectivity index is 2.26. The monoisotopic (exact) mass is 246 g/mol. The summed E-state index contributed by atoms with van der Waals surface area (Å²) in [4.78, 5) is 22.9. The van der Waals surface area contributed by atoms with E-state index in [0.29, 0.717) is 18.5 Å². The first-order valence-electron chi connectivity index (χ1n) is 5.83. The molecule has 94 valence electrons. The number of carbonyl (C=O) groups is 1. The van der Waals surface area contributed by atoms with E-state index in [1.165, 1.54) is 6.20 Å². The Labute approximate surface area is 104 Å². The molecule has 18 heavy (non-hydrogen) atoms. The fourth-order valence-electron chi connectivity index (χ4n) is 1.77. The maximum Gasteiger partial charge on any atom is 0.307 e. The van der Waals surface area contributed by atoms with Crippen LogP contribution in [-0.4, -0.2) is 22.4 Å². The van der Waals surface area contributed by atoms with Crippen molar-refractivity contribution in [3.63, 3.8) is 0 Å². The zero-order chi connectivity index (χ0) is 13.0. The molecule has 0 saturated heterocycles. The van der Waals surface area contributed by atoms with Gasteiger partial charge in [-0.3, -0.25) is 14.3 Å². The second-order valence-electron chi connectivity index (χ2n) is 3.80. The summed E-state index contributed by atoms with van der Waals surface area (Å²) < 4.78 is 6.50. The van der Waals surface area contributed by atoms with Gasteiger partial charge in [-0.15, -0.1) is 0 Å². The lowest BCUT2D eigenvalue weighted by Gasteiger charge is -2.08. The van der Waals surface area contributed by atoms with Crippen LogP contribution in [0.4, 0.5) is 0 Å². The van der Waals surface area contributed by atoms with Crippen LogP contribution < -0.4 is 5.43 Å². The molecule has 2 aromatic rings. The van der Waals surface area contributed by atoms with E-state index < -0.39 is 0 Å². The van der Waals surface area contributed by atoms with Gasteiger partial charge in [-0.2, -0.15) is 5.10 Å². The Morgan fingerprint density at radius 2 is 2.17 bits per heavy atom. The summed E-state index contributed by atoms with van der Waals surface area (Å²) in [5.41, 5.74) is 0.618. The molecule has 0 aliphatic heterocycles. The molecule has 5 heteroatoms. The zero-order valence-electron chi connectivity index (χ0n) is 10.1. The van der Waals surface area contributed by atoms with Gasteiger partial charge in [-0.25, -0.2) is 0 Å². The predicted octanol–water partition coefficient (Wildman–Crippen LogP) is 1.35. The van der Waals surface area contributed by atoms with Crippen molar-refractivity contribution in [2.45, 2.75) is 19.9 Å². The number of hydrogen-bond donors (Lipinski definition) is 0. The molecular formula is C13H14N2O3. The highest BCUT2D eigenvalue weighted by Gasteiger charge is 2.06. The summed E-state index contributed by atoms with van der Waals surface area (Å²) in [6.45, 7) is 2.54. The van der Waals surface area contributed by atoms with Crippen molar-refractivity contribution in [1.29, 1.82) is 0 Å². The van der Waals surface area contributed by atoms with Crippen LogP contribution in [0.2, 0.25) is 0 Å². The minimum atomic E-state index is -0.262. The van der Waals surface area contributed by atoms with Crippen LogP contribution in [0, 0.1) is 0 Å². The maximum absolute atomic E-state index is 11.6. The molecule has 0 aliphatic carbocycles. The highest BCUT2D eigenvalue weighted by molar-refractivity contribution is 5.78. The van der Waals surface area contributed by atoms with Crippen molar-refractivity contribution in [3.05, 3.63) is 40.7 Å². The van der Waals surface area contributed by atoms with Crippen molar-refractivity contribution < 1.29 is 9.53 Å². The van der Waals surface area contributed by atoms with Crippen LogP contribution in [-0.2, 0) is 16.1 Å². The molecule has 0 radical (unpaired) electrons. The smallest absolute Gasteiger partial charge is 0.307 e. The molecule has 0 spiro atoms. The summed E-state index contributed by atoms with van der Waals surface area (Å²) in [7, 11) is 0. The third kappa shape index (κ3) is 2.56. The Morgan fingerprint density at radius 3 is 2.94 bits per heavy atom. The normalized spacial score (nSPS) is 10.5. The number of aromatic nitrogens is 2. The van der Waals surface area contributed by atoms with E-state index >= 15 is 0 Å². The minimum absolute atomic E-state index is 0.113. The molecule has 2 rings (SSSR count). The van der Waals surface area contributed by atoms with Crippen LogP contribution in [0.1, 0.15) is 13.3 Å². The van der Waals surface area contributed by atoms with Crippen molar-refractivity contribution in [2.24, 2.45) is 0 Å². The maximum atomic E-state index is 11.6. The Bertz CT molecular complexity index is 619. The first kappa shape index (κ1) is 12.3. The number of benzene rings is 1. The van der Waals surface area contributed by atoms with E-state index in [1.54, 1.807) is 23.7 Å². The molecule has 0 saturated carbocycles. The molecule has 0 amide bonds. The van der Waals surface area contributed by atoms with Crippen LogP contribution in [0.15, 0.2) is 35.3 Å². The third-order valence-corrected chi connectivity index (χ3v) is 2.60. The standard InChI is InChI=1S/C13H14N2O3/c1-2-18-13(17)7-8-15-11-6-4-3-5-10(11)12(16)9-14-15/h3-6,9H,2,7-8H2,1H3. The number of nitrogens with zero attached hydrogens (tertiary/aromatic N) is 2. The lowest BCUT2D eigenvalue weighted by molar-refractivity contribution is -0.143. The van der Waals surface area contributed by atoms with Crippen LogP contribution in [0.25, 0.3) is 10.9 Å². The fourth-order valence-corrected chi connectivity index (χ4v) is 1.77. The first-order chi connectivity index (χ1) is 8.72. The van der Waals surface area contributed by atoms with Crippen molar-refractivity contribution in [2.75, 3.05) is 6.61 Å². The lowest BCUT2D eigenvalue weighted by atomic mass is 10.2. The molecule has 0 unspecified atom stereocenters. The second-order valence-corrected chi connectivity index (χ2v) is 3.80. The van der Waals surface area contributed by atoms with E-state index in [0.717, 1.165) is 5.52 Å². The molecule has 0 N–H and O–H groups in total. The quantitative estimate of drug-likeness (QED) is 0.764. The van der Waals surface area contributed by atoms with Gasteiger partial charge in [0.05, 0.1) is 31.3 Å². The average Bonchev–Trinajstić information content (AvgIpc) is 2.39. The number of carbonyl (C=O) groups excluding carboxylic acids is 1. The van der Waals surface area contributed by atoms with Crippen LogP contribution in [0.3, 0.4) is 0 Å². The highest BCUT2D eigenvalue weighted by Crippen LogP contribution is 2.08. The van der Waals surface area contributed by atoms with Crippen molar-refractivity contribution in [3.8, 4) is 0 Å². The van der Waals surface area contributed by atoms with Gasteiger partial charge in [0.15, 0.2) is 0 Å². The molecule has 1 aromatic heterocycles. The average molecular weight is 246 g/mol. The molecular weight excluding hydrogens is 232 g/mol. The number of esters is 1. The topological polar surface area (TPSA) is 61.2 Å². The number of ether oxygens (including phenoxy) is 1. The number of hydrogen-bond acceptors (Lipinski definition) is 4. The van der Waals surface area contributed by atoms with Gasteiger partial charge < -0.3 is 4.74 Å².